The van der Waals surface area contributed by atoms with Gasteiger partial charge < -0.3 is 0 Å². The van der Waals surface area contributed by atoms with Crippen LogP contribution in [0.3, 0.4) is 0 Å². The zero-order valence-corrected chi connectivity index (χ0v) is 13.1. The Bertz CT molecular complexity index is 160. The fraction of sp³-hybridized carbons (Fsp3) is 1.00. The second kappa shape index (κ2) is 7.00. The van der Waals surface area contributed by atoms with Gasteiger partial charge in [-0.25, -0.2) is 0 Å². The third-order valence-corrected chi connectivity index (χ3v) is 8.58. The van der Waals surface area contributed by atoms with E-state index < -0.39 is 16.0 Å². The summed E-state index contributed by atoms with van der Waals surface area (Å²) in [7, 11) is -3.95. The first-order valence-corrected chi connectivity index (χ1v) is 11.9. The van der Waals surface area contributed by atoms with Crippen molar-refractivity contribution in [1.29, 1.82) is 0 Å². The Hall–Kier alpha value is 0.567. The Labute approximate surface area is 97.1 Å². The minimum atomic E-state index is -2.37. The molecule has 0 aromatic heterocycles. The molecular weight excluding hydrogens is 223 g/mol. The Morgan fingerprint density at radius 2 is 1.40 bits per heavy atom. The number of unbranched alkanes of at least 4 members (excludes halogenated alkanes) is 2. The van der Waals surface area contributed by atoms with Gasteiger partial charge in [0, 0.05) is 0 Å². The van der Waals surface area contributed by atoms with Crippen LogP contribution in [0.2, 0.25) is 19.6 Å². The number of hydrogen-bond acceptors (Lipinski definition) is 2. The summed E-state index contributed by atoms with van der Waals surface area (Å²) < 4.78 is 6.06. The van der Waals surface area contributed by atoms with Crippen LogP contribution in [0, 0.1) is 0 Å². The second-order valence-corrected chi connectivity index (χ2v) is 13.3. The van der Waals surface area contributed by atoms with E-state index in [4.69, 9.17) is 4.21 Å². The zero-order valence-electron chi connectivity index (χ0n) is 11.1. The molecule has 0 saturated carbocycles. The molecule has 0 spiro atoms. The number of rotatable bonds is 8. The molecule has 2 nitrogen and oxygen atoms in total. The van der Waals surface area contributed by atoms with Crippen molar-refractivity contribution in [2.75, 3.05) is 12.3 Å². The van der Waals surface area contributed by atoms with Crippen LogP contribution in [0.25, 0.3) is 0 Å². The topological polar surface area (TPSA) is 29.5 Å². The van der Waals surface area contributed by atoms with Crippen molar-refractivity contribution >= 4 is 16.0 Å². The fourth-order valence-electron chi connectivity index (χ4n) is 1.70. The Morgan fingerprint density at radius 3 is 1.67 bits per heavy atom. The molecule has 1 N–H and O–H groups in total. The molecule has 0 atom stereocenters. The van der Waals surface area contributed by atoms with Gasteiger partial charge in [-0.3, -0.25) is 0 Å². The van der Waals surface area contributed by atoms with Crippen molar-refractivity contribution in [3.63, 3.8) is 0 Å². The van der Waals surface area contributed by atoms with Crippen LogP contribution in [0.15, 0.2) is 0 Å². The van der Waals surface area contributed by atoms with Gasteiger partial charge in [-0.2, -0.15) is 0 Å². The van der Waals surface area contributed by atoms with Crippen LogP contribution in [-0.2, 0) is 4.21 Å². The van der Waals surface area contributed by atoms with Crippen LogP contribution < -0.4 is 0 Å². The van der Waals surface area contributed by atoms with Gasteiger partial charge in [0.15, 0.2) is 0 Å². The molecule has 0 unspecified atom stereocenters. The summed E-state index contributed by atoms with van der Waals surface area (Å²) in [6.45, 7) is 10.8. The van der Waals surface area contributed by atoms with E-state index in [1.54, 1.807) is 0 Å². The average molecular weight is 252 g/mol. The van der Waals surface area contributed by atoms with E-state index in [0.717, 1.165) is 38.0 Å². The van der Waals surface area contributed by atoms with Gasteiger partial charge >= 0.3 is 96.6 Å². The predicted molar refractivity (Wildman–Crippen MR) is 74.5 cm³/mol. The van der Waals surface area contributed by atoms with Crippen molar-refractivity contribution in [2.45, 2.75) is 59.2 Å². The van der Waals surface area contributed by atoms with Crippen LogP contribution in [0.4, 0.5) is 0 Å². The maximum absolute atomic E-state index is 10.6. The Balaban J connectivity index is 4.26. The van der Waals surface area contributed by atoms with Gasteiger partial charge in [0.25, 0.3) is 0 Å². The molecule has 0 aromatic rings. The molecule has 0 rings (SSSR count). The van der Waals surface area contributed by atoms with Crippen molar-refractivity contribution in [3.05, 3.63) is 0 Å². The molecule has 0 amide bonds. The fourth-order valence-corrected chi connectivity index (χ4v) is 9.14. The van der Waals surface area contributed by atoms with Crippen molar-refractivity contribution in [1.82, 2.24) is 0 Å². The van der Waals surface area contributed by atoms with E-state index in [1.807, 2.05) is 0 Å². The van der Waals surface area contributed by atoms with E-state index in [9.17, 15) is 4.89 Å². The SMILES string of the molecule is CCCC[PH](O)(CCCC)O[Si](C)(C)C. The zero-order chi connectivity index (χ0) is 11.9. The maximum atomic E-state index is 10.6. The van der Waals surface area contributed by atoms with E-state index >= 15 is 0 Å². The standard InChI is InChI=1S/C11H29O2PSi/c1-6-8-10-14(12,11-9-7-2)13-15(3,4)5/h12,14H,6-11H2,1-5H3. The van der Waals surface area contributed by atoms with Gasteiger partial charge in [-0.05, 0) is 0 Å². The summed E-state index contributed by atoms with van der Waals surface area (Å²) in [6.07, 6.45) is 6.36. The van der Waals surface area contributed by atoms with E-state index in [1.165, 1.54) is 0 Å². The Morgan fingerprint density at radius 1 is 1.00 bits per heavy atom. The third kappa shape index (κ3) is 8.38. The summed E-state index contributed by atoms with van der Waals surface area (Å²) in [6, 6.07) is 0. The first kappa shape index (κ1) is 15.6. The number of hydrogen-bond donors (Lipinski definition) is 1. The molecule has 0 aliphatic rings. The molecule has 0 aliphatic carbocycles. The molecule has 0 bridgehead atoms. The summed E-state index contributed by atoms with van der Waals surface area (Å²) in [4.78, 5) is 10.6. The van der Waals surface area contributed by atoms with E-state index in [2.05, 4.69) is 33.5 Å². The van der Waals surface area contributed by atoms with E-state index in [0.29, 0.717) is 0 Å². The normalized spacial score (nSPS) is 14.3. The van der Waals surface area contributed by atoms with Gasteiger partial charge in [0.1, 0.15) is 0 Å². The van der Waals surface area contributed by atoms with Gasteiger partial charge in [0.2, 0.25) is 0 Å². The average Bonchev–Trinajstić information content (AvgIpc) is 2.09. The molecule has 0 saturated heterocycles. The summed E-state index contributed by atoms with van der Waals surface area (Å²) >= 11 is 0. The third-order valence-electron chi connectivity index (χ3n) is 2.34. The molecule has 15 heavy (non-hydrogen) atoms. The molecule has 0 fully saturated rings. The quantitative estimate of drug-likeness (QED) is 0.522. The minimum absolute atomic E-state index is 0.924. The molecule has 0 aromatic carbocycles. The molecule has 4 heteroatoms. The predicted octanol–water partition coefficient (Wildman–Crippen LogP) is 4.01. The van der Waals surface area contributed by atoms with E-state index in [-0.39, 0.29) is 0 Å². The summed E-state index contributed by atoms with van der Waals surface area (Å²) in [5.74, 6) is 0. The summed E-state index contributed by atoms with van der Waals surface area (Å²) in [5.41, 5.74) is 0. The van der Waals surface area contributed by atoms with Gasteiger partial charge in [-0.15, -0.1) is 0 Å². The van der Waals surface area contributed by atoms with Crippen molar-refractivity contribution in [3.8, 4) is 0 Å². The first-order valence-electron chi connectivity index (χ1n) is 6.25. The Kier molecular flexibility index (Phi) is 7.27. The van der Waals surface area contributed by atoms with Crippen LogP contribution >= 0.6 is 7.72 Å². The van der Waals surface area contributed by atoms with Crippen LogP contribution in [0.1, 0.15) is 39.5 Å². The van der Waals surface area contributed by atoms with Crippen molar-refractivity contribution < 1.29 is 9.11 Å². The molecule has 0 heterocycles. The van der Waals surface area contributed by atoms with Gasteiger partial charge in [0.05, 0.1) is 0 Å². The van der Waals surface area contributed by atoms with Crippen LogP contribution in [0.5, 0.6) is 0 Å². The first-order chi connectivity index (χ1) is 6.83. The monoisotopic (exact) mass is 252 g/mol. The molecule has 0 radical (unpaired) electrons. The molecule has 94 valence electrons. The van der Waals surface area contributed by atoms with Crippen molar-refractivity contribution in [2.24, 2.45) is 0 Å². The second-order valence-electron chi connectivity index (χ2n) is 5.37. The molecule has 0 aliphatic heterocycles. The summed E-state index contributed by atoms with van der Waals surface area (Å²) in [5, 5.41) is 0. The van der Waals surface area contributed by atoms with Crippen LogP contribution in [-0.4, -0.2) is 25.5 Å². The molecular formula is C11H29O2PSi. The van der Waals surface area contributed by atoms with Gasteiger partial charge in [-0.1, -0.05) is 0 Å².